The number of hydrogen-bond donors (Lipinski definition) is 1. The summed E-state index contributed by atoms with van der Waals surface area (Å²) in [5, 5.41) is 15.2. The second-order valence-electron chi connectivity index (χ2n) is 7.03. The summed E-state index contributed by atoms with van der Waals surface area (Å²) in [7, 11) is 3.19. The average Bonchev–Trinajstić information content (AvgIpc) is 3.44. The first-order valence-corrected chi connectivity index (χ1v) is 9.61. The van der Waals surface area contributed by atoms with Crippen molar-refractivity contribution in [1.82, 2.24) is 25.3 Å². The quantitative estimate of drug-likeness (QED) is 0.667. The minimum absolute atomic E-state index is 0.119. The molecule has 1 unspecified atom stereocenters. The zero-order valence-electron chi connectivity index (χ0n) is 17.1. The number of likely N-dealkylation sites (tertiary alicyclic amines) is 1. The molecule has 1 amide bonds. The van der Waals surface area contributed by atoms with Crippen LogP contribution in [0.4, 0.5) is 0 Å². The maximum absolute atomic E-state index is 12.9. The number of rotatable bonds is 6. The molecule has 2 aromatic heterocycles. The van der Waals surface area contributed by atoms with Gasteiger partial charge in [0.25, 0.3) is 5.91 Å². The number of amides is 1. The van der Waals surface area contributed by atoms with Gasteiger partial charge in [-0.1, -0.05) is 0 Å². The molecule has 0 spiro atoms. The summed E-state index contributed by atoms with van der Waals surface area (Å²) in [5.74, 6) is 1.67. The number of aryl methyl sites for hydroxylation is 1. The molecule has 0 aliphatic carbocycles. The van der Waals surface area contributed by atoms with E-state index in [-0.39, 0.29) is 12.0 Å². The summed E-state index contributed by atoms with van der Waals surface area (Å²) in [6.07, 6.45) is 0.609. The summed E-state index contributed by atoms with van der Waals surface area (Å²) in [6.45, 7) is 2.94. The van der Waals surface area contributed by atoms with E-state index < -0.39 is 0 Å². The fraction of sp³-hybridized carbons (Fsp3) is 0.333. The smallest absolute Gasteiger partial charge is 0.272 e. The Hall–Kier alpha value is -3.62. The summed E-state index contributed by atoms with van der Waals surface area (Å²) in [4.78, 5) is 14.7. The second kappa shape index (κ2) is 8.40. The van der Waals surface area contributed by atoms with E-state index in [4.69, 9.17) is 14.2 Å². The van der Waals surface area contributed by atoms with Crippen LogP contribution in [-0.2, 0) is 0 Å². The van der Waals surface area contributed by atoms with E-state index in [1.54, 1.807) is 37.3 Å². The van der Waals surface area contributed by atoms with Crippen LogP contribution in [0.2, 0.25) is 0 Å². The van der Waals surface area contributed by atoms with Crippen molar-refractivity contribution in [3.05, 3.63) is 47.8 Å². The highest BCUT2D eigenvalue weighted by molar-refractivity contribution is 5.93. The zero-order valence-corrected chi connectivity index (χ0v) is 17.1. The Morgan fingerprint density at radius 3 is 2.73 bits per heavy atom. The van der Waals surface area contributed by atoms with Crippen molar-refractivity contribution in [3.8, 4) is 28.6 Å². The SMILES string of the molecule is COc1ccc(OC)c(-c2cc(C(=O)N3CCC(Oc4ccc(C)nn4)C3)[nH]n2)c1. The van der Waals surface area contributed by atoms with Gasteiger partial charge in [0.05, 0.1) is 32.2 Å². The standard InChI is InChI=1S/C21H23N5O4/c1-13-4-7-20(25-22-13)30-15-8-9-26(12-15)21(27)18-11-17(23-24-18)16-10-14(28-2)5-6-19(16)29-3/h4-7,10-11,15H,8-9,12H2,1-3H3,(H,23,24). The molecule has 0 radical (unpaired) electrons. The van der Waals surface area contributed by atoms with E-state index in [2.05, 4.69) is 20.4 Å². The molecule has 30 heavy (non-hydrogen) atoms. The molecule has 1 fully saturated rings. The van der Waals surface area contributed by atoms with Crippen LogP contribution < -0.4 is 14.2 Å². The largest absolute Gasteiger partial charge is 0.497 e. The number of H-pyrrole nitrogens is 1. The number of hydrogen-bond acceptors (Lipinski definition) is 7. The predicted octanol–water partition coefficient (Wildman–Crippen LogP) is 2.49. The Labute approximate surface area is 174 Å². The van der Waals surface area contributed by atoms with Gasteiger partial charge >= 0.3 is 0 Å². The number of aromatic amines is 1. The minimum Gasteiger partial charge on any atom is -0.497 e. The minimum atomic E-state index is -0.128. The third kappa shape index (κ3) is 4.05. The summed E-state index contributed by atoms with van der Waals surface area (Å²) < 4.78 is 16.6. The van der Waals surface area contributed by atoms with E-state index in [0.29, 0.717) is 41.9 Å². The van der Waals surface area contributed by atoms with Gasteiger partial charge in [0.2, 0.25) is 5.88 Å². The van der Waals surface area contributed by atoms with Crippen LogP contribution in [0.3, 0.4) is 0 Å². The monoisotopic (exact) mass is 409 g/mol. The van der Waals surface area contributed by atoms with Gasteiger partial charge in [-0.15, -0.1) is 5.10 Å². The average molecular weight is 409 g/mol. The van der Waals surface area contributed by atoms with Crippen molar-refractivity contribution in [1.29, 1.82) is 0 Å². The molecule has 1 N–H and O–H groups in total. The molecule has 1 aliphatic rings. The van der Waals surface area contributed by atoms with E-state index in [1.807, 2.05) is 25.1 Å². The molecule has 3 aromatic rings. The summed E-state index contributed by atoms with van der Waals surface area (Å²) in [5.41, 5.74) is 2.59. The van der Waals surface area contributed by atoms with Crippen LogP contribution in [0.25, 0.3) is 11.3 Å². The number of carbonyl (C=O) groups excluding carboxylic acids is 1. The van der Waals surface area contributed by atoms with Crippen molar-refractivity contribution in [2.24, 2.45) is 0 Å². The first kappa shape index (κ1) is 19.7. The van der Waals surface area contributed by atoms with Gasteiger partial charge in [0, 0.05) is 24.6 Å². The molecule has 4 rings (SSSR count). The van der Waals surface area contributed by atoms with Crippen molar-refractivity contribution in [2.75, 3.05) is 27.3 Å². The maximum Gasteiger partial charge on any atom is 0.272 e. The summed E-state index contributed by atoms with van der Waals surface area (Å²) >= 11 is 0. The normalized spacial score (nSPS) is 15.8. The first-order valence-electron chi connectivity index (χ1n) is 9.61. The first-order chi connectivity index (χ1) is 14.6. The van der Waals surface area contributed by atoms with Gasteiger partial charge in [-0.2, -0.15) is 10.2 Å². The van der Waals surface area contributed by atoms with Crippen molar-refractivity contribution < 1.29 is 19.0 Å². The number of aromatic nitrogens is 4. The molecule has 1 saturated heterocycles. The van der Waals surface area contributed by atoms with Gasteiger partial charge < -0.3 is 19.1 Å². The van der Waals surface area contributed by atoms with Gasteiger partial charge in [-0.3, -0.25) is 9.89 Å². The lowest BCUT2D eigenvalue weighted by Crippen LogP contribution is -2.31. The van der Waals surface area contributed by atoms with Crippen LogP contribution in [0.5, 0.6) is 17.4 Å². The number of ether oxygens (including phenoxy) is 3. The Kier molecular flexibility index (Phi) is 5.51. The molecule has 156 valence electrons. The van der Waals surface area contributed by atoms with Gasteiger partial charge in [-0.05, 0) is 37.3 Å². The lowest BCUT2D eigenvalue weighted by atomic mass is 10.1. The van der Waals surface area contributed by atoms with E-state index >= 15 is 0 Å². The third-order valence-corrected chi connectivity index (χ3v) is 4.98. The number of carbonyl (C=O) groups is 1. The number of benzene rings is 1. The van der Waals surface area contributed by atoms with Crippen molar-refractivity contribution in [3.63, 3.8) is 0 Å². The molecule has 0 bridgehead atoms. The third-order valence-electron chi connectivity index (χ3n) is 4.98. The van der Waals surface area contributed by atoms with E-state index in [0.717, 1.165) is 17.7 Å². The fourth-order valence-electron chi connectivity index (χ4n) is 3.38. The highest BCUT2D eigenvalue weighted by atomic mass is 16.5. The molecular weight excluding hydrogens is 386 g/mol. The van der Waals surface area contributed by atoms with Gasteiger partial charge in [0.1, 0.15) is 23.3 Å². The topological polar surface area (TPSA) is 102 Å². The Morgan fingerprint density at radius 2 is 2.00 bits per heavy atom. The Balaban J connectivity index is 1.45. The van der Waals surface area contributed by atoms with Crippen molar-refractivity contribution >= 4 is 5.91 Å². The lowest BCUT2D eigenvalue weighted by molar-refractivity contribution is 0.0765. The highest BCUT2D eigenvalue weighted by Gasteiger charge is 2.29. The zero-order chi connectivity index (χ0) is 21.1. The second-order valence-corrected chi connectivity index (χ2v) is 7.03. The predicted molar refractivity (Wildman–Crippen MR) is 109 cm³/mol. The highest BCUT2D eigenvalue weighted by Crippen LogP contribution is 2.32. The van der Waals surface area contributed by atoms with E-state index in [1.165, 1.54) is 0 Å². The molecule has 1 aromatic carbocycles. The molecule has 3 heterocycles. The van der Waals surface area contributed by atoms with Crippen LogP contribution in [-0.4, -0.2) is 64.6 Å². The van der Waals surface area contributed by atoms with E-state index in [9.17, 15) is 4.79 Å². The number of nitrogens with one attached hydrogen (secondary N) is 1. The number of nitrogens with zero attached hydrogens (tertiary/aromatic N) is 4. The molecule has 1 aliphatic heterocycles. The molecular formula is C21H23N5O4. The van der Waals surface area contributed by atoms with Gasteiger partial charge in [-0.25, -0.2) is 0 Å². The fourth-order valence-corrected chi connectivity index (χ4v) is 3.38. The maximum atomic E-state index is 12.9. The van der Waals surface area contributed by atoms with Crippen molar-refractivity contribution in [2.45, 2.75) is 19.4 Å². The number of methoxy groups -OCH3 is 2. The van der Waals surface area contributed by atoms with Gasteiger partial charge in [0.15, 0.2) is 0 Å². The molecule has 9 nitrogen and oxygen atoms in total. The molecule has 1 atom stereocenters. The summed E-state index contributed by atoms with van der Waals surface area (Å²) in [6, 6.07) is 10.8. The molecule has 9 heteroatoms. The Bertz CT molecular complexity index is 1030. The molecule has 0 saturated carbocycles. The van der Waals surface area contributed by atoms with Crippen LogP contribution >= 0.6 is 0 Å². The van der Waals surface area contributed by atoms with Crippen LogP contribution in [0, 0.1) is 6.92 Å². The van der Waals surface area contributed by atoms with Crippen LogP contribution in [0.1, 0.15) is 22.6 Å². The Morgan fingerprint density at radius 1 is 1.13 bits per heavy atom. The van der Waals surface area contributed by atoms with Crippen LogP contribution in [0.15, 0.2) is 36.4 Å². The lowest BCUT2D eigenvalue weighted by Gasteiger charge is -2.15.